The van der Waals surface area contributed by atoms with Crippen molar-refractivity contribution in [2.75, 3.05) is 0 Å². The standard InChI is InChI=1S/C30H32ClFO4/c1-4-5-6-7-8-21-9-11-22(12-10-21)23-13-16-25(17-14-23)35-29(33)24-15-18-27(26(32)19-24)36-30(34)28(31)20(2)3/h9-20,28H,4-8H2,1-3H3. The van der Waals surface area contributed by atoms with E-state index in [2.05, 4.69) is 31.2 Å². The molecular formula is C30H32ClFO4. The van der Waals surface area contributed by atoms with Crippen molar-refractivity contribution in [3.8, 4) is 22.6 Å². The van der Waals surface area contributed by atoms with Gasteiger partial charge in [0.2, 0.25) is 0 Å². The molecule has 1 atom stereocenters. The molecule has 3 aromatic rings. The number of benzene rings is 3. The Balaban J connectivity index is 1.59. The Labute approximate surface area is 217 Å². The summed E-state index contributed by atoms with van der Waals surface area (Å²) in [6.07, 6.45) is 6.06. The maximum atomic E-state index is 14.4. The van der Waals surface area contributed by atoms with Crippen molar-refractivity contribution in [3.63, 3.8) is 0 Å². The van der Waals surface area contributed by atoms with Gasteiger partial charge in [0.05, 0.1) is 5.56 Å². The van der Waals surface area contributed by atoms with E-state index in [4.69, 9.17) is 21.1 Å². The smallest absolute Gasteiger partial charge is 0.343 e. The van der Waals surface area contributed by atoms with Gasteiger partial charge in [0.15, 0.2) is 11.6 Å². The normalized spacial score (nSPS) is 11.8. The number of hydrogen-bond donors (Lipinski definition) is 0. The number of rotatable bonds is 11. The first-order valence-electron chi connectivity index (χ1n) is 12.4. The molecule has 36 heavy (non-hydrogen) atoms. The zero-order valence-corrected chi connectivity index (χ0v) is 21.7. The molecule has 0 amide bonds. The summed E-state index contributed by atoms with van der Waals surface area (Å²) in [4.78, 5) is 24.5. The first kappa shape index (κ1) is 27.4. The summed E-state index contributed by atoms with van der Waals surface area (Å²) < 4.78 is 24.8. The summed E-state index contributed by atoms with van der Waals surface area (Å²) >= 11 is 5.95. The Morgan fingerprint density at radius 1 is 0.861 bits per heavy atom. The highest BCUT2D eigenvalue weighted by Gasteiger charge is 2.23. The van der Waals surface area contributed by atoms with Crippen molar-refractivity contribution < 1.29 is 23.5 Å². The van der Waals surface area contributed by atoms with Gasteiger partial charge in [-0.2, -0.15) is 0 Å². The van der Waals surface area contributed by atoms with E-state index in [1.54, 1.807) is 26.0 Å². The maximum Gasteiger partial charge on any atom is 0.343 e. The van der Waals surface area contributed by atoms with E-state index in [1.807, 2.05) is 12.1 Å². The highest BCUT2D eigenvalue weighted by atomic mass is 35.5. The topological polar surface area (TPSA) is 52.6 Å². The zero-order valence-electron chi connectivity index (χ0n) is 20.9. The number of ether oxygens (including phenoxy) is 2. The lowest BCUT2D eigenvalue weighted by Gasteiger charge is -2.13. The fraction of sp³-hybridized carbons (Fsp3) is 0.333. The number of hydrogen-bond acceptors (Lipinski definition) is 4. The predicted octanol–water partition coefficient (Wildman–Crippen LogP) is 8.00. The third-order valence-electron chi connectivity index (χ3n) is 5.86. The molecule has 190 valence electrons. The van der Waals surface area contributed by atoms with Crippen LogP contribution < -0.4 is 9.47 Å². The minimum absolute atomic E-state index is 0.00261. The lowest BCUT2D eigenvalue weighted by Crippen LogP contribution is -2.25. The molecule has 0 aliphatic rings. The number of unbranched alkanes of at least 4 members (excludes halogenated alkanes) is 3. The second-order valence-electron chi connectivity index (χ2n) is 9.13. The number of alkyl halides is 1. The Kier molecular flexibility index (Phi) is 10.1. The van der Waals surface area contributed by atoms with Crippen LogP contribution in [0, 0.1) is 11.7 Å². The molecule has 4 nitrogen and oxygen atoms in total. The van der Waals surface area contributed by atoms with Crippen molar-refractivity contribution in [3.05, 3.63) is 83.7 Å². The summed E-state index contributed by atoms with van der Waals surface area (Å²) in [5.41, 5.74) is 3.41. The molecule has 0 N–H and O–H groups in total. The molecule has 1 unspecified atom stereocenters. The average molecular weight is 511 g/mol. The van der Waals surface area contributed by atoms with Gasteiger partial charge in [0, 0.05) is 0 Å². The van der Waals surface area contributed by atoms with Crippen LogP contribution in [0.1, 0.15) is 62.4 Å². The second-order valence-corrected chi connectivity index (χ2v) is 9.60. The minimum atomic E-state index is -0.898. The van der Waals surface area contributed by atoms with Gasteiger partial charge < -0.3 is 9.47 Å². The van der Waals surface area contributed by atoms with E-state index >= 15 is 0 Å². The molecule has 0 aliphatic heterocycles. The Hall–Kier alpha value is -3.18. The van der Waals surface area contributed by atoms with Gasteiger partial charge in [-0.05, 0) is 65.8 Å². The first-order chi connectivity index (χ1) is 17.3. The monoisotopic (exact) mass is 510 g/mol. The summed E-state index contributed by atoms with van der Waals surface area (Å²) in [6, 6.07) is 19.2. The van der Waals surface area contributed by atoms with Crippen molar-refractivity contribution in [1.29, 1.82) is 0 Å². The highest BCUT2D eigenvalue weighted by molar-refractivity contribution is 6.30. The summed E-state index contributed by atoms with van der Waals surface area (Å²) in [5, 5.41) is -0.898. The van der Waals surface area contributed by atoms with Crippen LogP contribution >= 0.6 is 11.6 Å². The van der Waals surface area contributed by atoms with E-state index in [1.165, 1.54) is 43.4 Å². The van der Waals surface area contributed by atoms with Crippen LogP contribution in [0.3, 0.4) is 0 Å². The molecule has 3 aromatic carbocycles. The minimum Gasteiger partial charge on any atom is -0.423 e. The van der Waals surface area contributed by atoms with Crippen LogP contribution in [0.2, 0.25) is 0 Å². The van der Waals surface area contributed by atoms with Crippen LogP contribution in [0.15, 0.2) is 66.7 Å². The molecule has 0 fully saturated rings. The summed E-state index contributed by atoms with van der Waals surface area (Å²) in [5.74, 6) is -2.43. The third kappa shape index (κ3) is 7.66. The highest BCUT2D eigenvalue weighted by Crippen LogP contribution is 2.25. The lowest BCUT2D eigenvalue weighted by molar-refractivity contribution is -0.134. The molecule has 6 heteroatoms. The van der Waals surface area contributed by atoms with E-state index in [0.29, 0.717) is 5.75 Å². The zero-order chi connectivity index (χ0) is 26.1. The quantitative estimate of drug-likeness (QED) is 0.113. The number of esters is 2. The van der Waals surface area contributed by atoms with Crippen LogP contribution in [0.25, 0.3) is 11.1 Å². The molecule has 0 aliphatic carbocycles. The van der Waals surface area contributed by atoms with Crippen molar-refractivity contribution in [2.24, 2.45) is 5.92 Å². The first-order valence-corrected chi connectivity index (χ1v) is 12.8. The summed E-state index contributed by atoms with van der Waals surface area (Å²) in [6.45, 7) is 5.73. The van der Waals surface area contributed by atoms with Gasteiger partial charge in [-0.1, -0.05) is 76.4 Å². The number of carbonyl (C=O) groups is 2. The van der Waals surface area contributed by atoms with Gasteiger partial charge in [0.1, 0.15) is 11.1 Å². The molecule has 0 spiro atoms. The van der Waals surface area contributed by atoms with E-state index in [-0.39, 0.29) is 17.2 Å². The summed E-state index contributed by atoms with van der Waals surface area (Å²) in [7, 11) is 0. The lowest BCUT2D eigenvalue weighted by atomic mass is 10.0. The molecule has 0 aromatic heterocycles. The average Bonchev–Trinajstić information content (AvgIpc) is 2.88. The molecule has 3 rings (SSSR count). The van der Waals surface area contributed by atoms with E-state index in [0.717, 1.165) is 23.6 Å². The molecule has 0 radical (unpaired) electrons. The fourth-order valence-electron chi connectivity index (χ4n) is 3.65. The molecule has 0 saturated carbocycles. The van der Waals surface area contributed by atoms with Gasteiger partial charge >= 0.3 is 11.9 Å². The molecule has 0 bridgehead atoms. The Bertz CT molecular complexity index is 1160. The third-order valence-corrected chi connectivity index (χ3v) is 6.54. The maximum absolute atomic E-state index is 14.4. The fourth-order valence-corrected chi connectivity index (χ4v) is 3.69. The van der Waals surface area contributed by atoms with Crippen molar-refractivity contribution >= 4 is 23.5 Å². The van der Waals surface area contributed by atoms with Crippen LogP contribution in [0.5, 0.6) is 11.5 Å². The largest absolute Gasteiger partial charge is 0.423 e. The van der Waals surface area contributed by atoms with E-state index < -0.39 is 23.1 Å². The SMILES string of the molecule is CCCCCCc1ccc(-c2ccc(OC(=O)c3ccc(OC(=O)C(Cl)C(C)C)c(F)c3)cc2)cc1. The number of aryl methyl sites for hydroxylation is 1. The molecule has 0 heterocycles. The Morgan fingerprint density at radius 2 is 1.50 bits per heavy atom. The van der Waals surface area contributed by atoms with Gasteiger partial charge in [-0.3, -0.25) is 4.79 Å². The predicted molar refractivity (Wildman–Crippen MR) is 141 cm³/mol. The molecular weight excluding hydrogens is 479 g/mol. The molecule has 0 saturated heterocycles. The second kappa shape index (κ2) is 13.2. The van der Waals surface area contributed by atoms with Gasteiger partial charge in [-0.25, -0.2) is 9.18 Å². The van der Waals surface area contributed by atoms with Gasteiger partial charge in [0.25, 0.3) is 0 Å². The van der Waals surface area contributed by atoms with Crippen LogP contribution in [-0.2, 0) is 11.2 Å². The van der Waals surface area contributed by atoms with Gasteiger partial charge in [-0.15, -0.1) is 11.6 Å². The Morgan fingerprint density at radius 3 is 2.08 bits per heavy atom. The number of halogens is 2. The van der Waals surface area contributed by atoms with E-state index in [9.17, 15) is 14.0 Å². The van der Waals surface area contributed by atoms with Crippen molar-refractivity contribution in [1.82, 2.24) is 0 Å². The van der Waals surface area contributed by atoms with Crippen LogP contribution in [-0.4, -0.2) is 17.3 Å². The van der Waals surface area contributed by atoms with Crippen molar-refractivity contribution in [2.45, 2.75) is 58.3 Å². The van der Waals surface area contributed by atoms with Crippen LogP contribution in [0.4, 0.5) is 4.39 Å². The number of carbonyl (C=O) groups excluding carboxylic acids is 2.